The van der Waals surface area contributed by atoms with Crippen molar-refractivity contribution in [1.82, 2.24) is 9.97 Å². The molecule has 11 heteroatoms. The summed E-state index contributed by atoms with van der Waals surface area (Å²) in [6, 6.07) is 25.0. The number of hydrogen-bond acceptors (Lipinski definition) is 6. The standard InChI is InChI=1S/C20H17FO3S.C18H13BrN4O/c1-12-17(9-13-3-6-15(7-4-13)25(2)24)16-8-5-14(21)10-19(16)18(12)11-20(22)23;1-2-4-17(24)22-14-7-8-16-15(10-14)18(21-11-20-16)23-13-6-3-5-12(19)9-13/h3-10H,11H2,1-2H3,(H,22,23);3,5-11H,1H3,(H,22,24)(H,20,21,23)/b17-9-;. The lowest BCUT2D eigenvalue weighted by Gasteiger charge is -2.10. The molecule has 5 aromatic rings. The Hall–Kier alpha value is -5.44. The van der Waals surface area contributed by atoms with Crippen molar-refractivity contribution in [2.45, 2.75) is 25.2 Å². The summed E-state index contributed by atoms with van der Waals surface area (Å²) in [7, 11) is -1.04. The molecular weight excluding hydrogens is 707 g/mol. The Morgan fingerprint density at radius 2 is 1.76 bits per heavy atom. The maximum absolute atomic E-state index is 13.7. The van der Waals surface area contributed by atoms with Gasteiger partial charge in [0.2, 0.25) is 0 Å². The summed E-state index contributed by atoms with van der Waals surface area (Å²) in [5.41, 5.74) is 7.06. The minimum atomic E-state index is -1.04. The summed E-state index contributed by atoms with van der Waals surface area (Å²) in [5.74, 6) is 4.00. The van der Waals surface area contributed by atoms with Gasteiger partial charge in [0, 0.05) is 43.2 Å². The number of aliphatic carboxylic acids is 1. The van der Waals surface area contributed by atoms with Crippen LogP contribution in [0.4, 0.5) is 21.6 Å². The first-order valence-corrected chi connectivity index (χ1v) is 17.3. The first kappa shape index (κ1) is 34.9. The van der Waals surface area contributed by atoms with E-state index >= 15 is 0 Å². The Morgan fingerprint density at radius 3 is 2.45 bits per heavy atom. The number of carbonyl (C=O) groups is 2. The molecule has 0 fully saturated rings. The van der Waals surface area contributed by atoms with E-state index < -0.39 is 16.8 Å². The van der Waals surface area contributed by atoms with Gasteiger partial charge in [-0.25, -0.2) is 14.4 Å². The van der Waals surface area contributed by atoms with Crippen molar-refractivity contribution in [2.75, 3.05) is 16.9 Å². The number of anilines is 3. The summed E-state index contributed by atoms with van der Waals surface area (Å²) in [5, 5.41) is 16.0. The number of hydrogen-bond donors (Lipinski definition) is 3. The molecule has 0 bridgehead atoms. The van der Waals surface area contributed by atoms with E-state index in [0.717, 1.165) is 48.2 Å². The molecule has 246 valence electrons. The maximum Gasteiger partial charge on any atom is 0.307 e. The molecule has 8 nitrogen and oxygen atoms in total. The number of benzene rings is 4. The molecule has 4 aromatic carbocycles. The molecule has 1 aromatic heterocycles. The van der Waals surface area contributed by atoms with E-state index in [2.05, 4.69) is 48.4 Å². The number of halogens is 2. The zero-order valence-corrected chi connectivity index (χ0v) is 29.1. The van der Waals surface area contributed by atoms with E-state index in [1.807, 2.05) is 61.5 Å². The van der Waals surface area contributed by atoms with Gasteiger partial charge in [0.05, 0.1) is 11.9 Å². The highest BCUT2D eigenvalue weighted by Gasteiger charge is 2.25. The average molecular weight is 738 g/mol. The number of rotatable bonds is 7. The molecule has 0 spiro atoms. The van der Waals surface area contributed by atoms with E-state index in [0.29, 0.717) is 22.6 Å². The van der Waals surface area contributed by atoms with Crippen molar-refractivity contribution < 1.29 is 23.3 Å². The van der Waals surface area contributed by atoms with Gasteiger partial charge < -0.3 is 15.7 Å². The van der Waals surface area contributed by atoms with Gasteiger partial charge in [-0.15, -0.1) is 0 Å². The minimum Gasteiger partial charge on any atom is -0.481 e. The number of carbonyl (C=O) groups excluding carboxylic acids is 1. The van der Waals surface area contributed by atoms with Crippen molar-refractivity contribution >= 4 is 83.9 Å². The predicted molar refractivity (Wildman–Crippen MR) is 197 cm³/mol. The molecule has 0 radical (unpaired) electrons. The van der Waals surface area contributed by atoms with E-state index in [-0.39, 0.29) is 18.1 Å². The lowest BCUT2D eigenvalue weighted by atomic mass is 10.0. The molecule has 1 aliphatic carbocycles. The second kappa shape index (κ2) is 15.6. The lowest BCUT2D eigenvalue weighted by molar-refractivity contribution is -0.135. The van der Waals surface area contributed by atoms with Crippen LogP contribution in [0.15, 0.2) is 106 Å². The van der Waals surface area contributed by atoms with Gasteiger partial charge >= 0.3 is 5.97 Å². The van der Waals surface area contributed by atoms with Crippen LogP contribution in [-0.2, 0) is 20.4 Å². The van der Waals surface area contributed by atoms with Crippen LogP contribution >= 0.6 is 15.9 Å². The first-order chi connectivity index (χ1) is 23.5. The van der Waals surface area contributed by atoms with Crippen LogP contribution in [0.2, 0.25) is 0 Å². The summed E-state index contributed by atoms with van der Waals surface area (Å²) >= 11 is 3.45. The normalized spacial score (nSPS) is 13.1. The van der Waals surface area contributed by atoms with Gasteiger partial charge in [-0.2, -0.15) is 0 Å². The van der Waals surface area contributed by atoms with Gasteiger partial charge in [-0.05, 0) is 120 Å². The molecule has 1 unspecified atom stereocenters. The van der Waals surface area contributed by atoms with Gasteiger partial charge in [0.1, 0.15) is 18.0 Å². The molecule has 1 amide bonds. The third-order valence-corrected chi connectivity index (χ3v) is 8.95. The van der Waals surface area contributed by atoms with Crippen molar-refractivity contribution in [1.29, 1.82) is 0 Å². The number of carboxylic acids is 1. The van der Waals surface area contributed by atoms with E-state index in [4.69, 9.17) is 5.11 Å². The zero-order chi connectivity index (χ0) is 35.1. The van der Waals surface area contributed by atoms with Crippen LogP contribution < -0.4 is 10.6 Å². The molecular formula is C38H30BrFN4O4S. The molecule has 0 aliphatic heterocycles. The Balaban J connectivity index is 0.000000191. The number of allylic oxidation sites excluding steroid dienone is 2. The Kier molecular flexibility index (Phi) is 11.1. The lowest BCUT2D eigenvalue weighted by Crippen LogP contribution is -2.08. The van der Waals surface area contributed by atoms with Gasteiger partial charge in [-0.1, -0.05) is 46.1 Å². The number of carboxylic acid groups (broad SMARTS) is 1. The van der Waals surface area contributed by atoms with Crippen LogP contribution in [0.1, 0.15) is 37.0 Å². The molecule has 0 saturated carbocycles. The first-order valence-electron chi connectivity index (χ1n) is 14.9. The second-order valence-electron chi connectivity index (χ2n) is 10.9. The Morgan fingerprint density at radius 1 is 0.980 bits per heavy atom. The predicted octanol–water partition coefficient (Wildman–Crippen LogP) is 8.46. The number of nitrogens with zero attached hydrogens (tertiary/aromatic N) is 2. The molecule has 1 aliphatic rings. The van der Waals surface area contributed by atoms with Crippen LogP contribution in [0.25, 0.3) is 28.1 Å². The summed E-state index contributed by atoms with van der Waals surface area (Å²) in [4.78, 5) is 32.1. The Labute approximate surface area is 293 Å². The van der Waals surface area contributed by atoms with Crippen LogP contribution in [0.3, 0.4) is 0 Å². The smallest absolute Gasteiger partial charge is 0.307 e. The van der Waals surface area contributed by atoms with E-state index in [9.17, 15) is 18.2 Å². The van der Waals surface area contributed by atoms with E-state index in [1.54, 1.807) is 37.4 Å². The van der Waals surface area contributed by atoms with Crippen molar-refractivity contribution in [2.24, 2.45) is 0 Å². The quantitative estimate of drug-likeness (QED) is 0.143. The fourth-order valence-electron chi connectivity index (χ4n) is 5.27. The highest BCUT2D eigenvalue weighted by molar-refractivity contribution is 9.10. The summed E-state index contributed by atoms with van der Waals surface area (Å²) in [6.07, 6.45) is 4.93. The molecule has 0 saturated heterocycles. The Bertz CT molecular complexity index is 2240. The van der Waals surface area contributed by atoms with Crippen LogP contribution in [0.5, 0.6) is 0 Å². The number of nitrogens with one attached hydrogen (secondary N) is 2. The van der Waals surface area contributed by atoms with Gasteiger partial charge in [0.25, 0.3) is 5.91 Å². The minimum absolute atomic E-state index is 0.145. The number of fused-ring (bicyclic) bond motifs is 2. The monoisotopic (exact) mass is 736 g/mol. The molecule has 1 atom stereocenters. The summed E-state index contributed by atoms with van der Waals surface area (Å²) in [6.45, 7) is 3.48. The molecule has 3 N–H and O–H groups in total. The van der Waals surface area contributed by atoms with E-state index in [1.165, 1.54) is 18.5 Å². The van der Waals surface area contributed by atoms with Crippen molar-refractivity contribution in [3.63, 3.8) is 0 Å². The molecule has 49 heavy (non-hydrogen) atoms. The number of amides is 1. The highest BCUT2D eigenvalue weighted by Crippen LogP contribution is 2.43. The molecule has 6 rings (SSSR count). The maximum atomic E-state index is 13.7. The highest BCUT2D eigenvalue weighted by atomic mass is 79.9. The van der Waals surface area contributed by atoms with Crippen molar-refractivity contribution in [3.05, 3.63) is 124 Å². The van der Waals surface area contributed by atoms with Gasteiger partial charge in [-0.3, -0.25) is 13.8 Å². The second-order valence-corrected chi connectivity index (χ2v) is 13.2. The molecule has 1 heterocycles. The number of aromatic nitrogens is 2. The van der Waals surface area contributed by atoms with Gasteiger partial charge in [0.15, 0.2) is 0 Å². The largest absolute Gasteiger partial charge is 0.481 e. The average Bonchev–Trinajstić information content (AvgIpc) is 3.30. The third kappa shape index (κ3) is 8.73. The fourth-order valence-corrected chi connectivity index (χ4v) is 6.19. The van der Waals surface area contributed by atoms with Crippen LogP contribution in [-0.4, -0.2) is 37.4 Å². The topological polar surface area (TPSA) is 121 Å². The summed E-state index contributed by atoms with van der Waals surface area (Å²) < 4.78 is 26.1. The third-order valence-electron chi connectivity index (χ3n) is 7.52. The fraction of sp³-hybridized carbons (Fsp3) is 0.105. The van der Waals surface area contributed by atoms with Crippen LogP contribution in [0, 0.1) is 17.7 Å². The SMILES string of the molecule is CC#CC(=O)Nc1ccc2ncnc(Nc3cccc(Br)c3)c2c1.CC1=C(CC(=O)O)c2cc(F)ccc2/C1=C\c1ccc(S(C)=O)cc1. The zero-order valence-electron chi connectivity index (χ0n) is 26.7. The van der Waals surface area contributed by atoms with Crippen molar-refractivity contribution in [3.8, 4) is 11.8 Å².